The van der Waals surface area contributed by atoms with E-state index in [9.17, 15) is 0 Å². The lowest BCUT2D eigenvalue weighted by molar-refractivity contribution is 0.724. The van der Waals surface area contributed by atoms with E-state index >= 15 is 0 Å². The van der Waals surface area contributed by atoms with Gasteiger partial charge in [0.25, 0.3) is 0 Å². The van der Waals surface area contributed by atoms with E-state index in [0.29, 0.717) is 5.15 Å². The molecule has 0 bridgehead atoms. The average Bonchev–Trinajstić information content (AvgIpc) is 2.76. The van der Waals surface area contributed by atoms with Crippen LogP contribution >= 0.6 is 11.6 Å². The molecule has 0 saturated heterocycles. The van der Waals surface area contributed by atoms with Crippen molar-refractivity contribution in [1.29, 1.82) is 0 Å². The molecule has 2 aromatic rings. The molecular formula is C12H14ClN3. The third kappa shape index (κ3) is 2.55. The highest BCUT2D eigenvalue weighted by molar-refractivity contribution is 6.29. The third-order valence-electron chi connectivity index (χ3n) is 2.47. The molecule has 2 rings (SSSR count). The fraction of sp³-hybridized carbons (Fsp3) is 0.250. The molecule has 84 valence electrons. The highest BCUT2D eigenvalue weighted by Gasteiger charge is 1.99. The lowest BCUT2D eigenvalue weighted by atomic mass is 10.3. The molecule has 4 heteroatoms. The molecule has 0 aromatic carbocycles. The largest absolute Gasteiger partial charge is 0.378 e. The number of hydrogen-bond donors (Lipinski definition) is 1. The summed E-state index contributed by atoms with van der Waals surface area (Å²) in [5, 5.41) is 3.82. The highest BCUT2D eigenvalue weighted by Crippen LogP contribution is 2.11. The van der Waals surface area contributed by atoms with Gasteiger partial charge in [-0.2, -0.15) is 0 Å². The second-order valence-corrected chi connectivity index (χ2v) is 3.90. The zero-order valence-electron chi connectivity index (χ0n) is 9.15. The standard InChI is InChI=1S/C12H14ClN3/c1-2-16-7-3-4-11(16)9-14-10-5-6-12(13)15-8-10/h3-8,14H,2,9H2,1H3. The van der Waals surface area contributed by atoms with Gasteiger partial charge in [-0.05, 0) is 31.2 Å². The minimum Gasteiger partial charge on any atom is -0.378 e. The van der Waals surface area contributed by atoms with Crippen LogP contribution in [0.1, 0.15) is 12.6 Å². The van der Waals surface area contributed by atoms with Gasteiger partial charge in [0, 0.05) is 18.4 Å². The maximum Gasteiger partial charge on any atom is 0.129 e. The molecule has 2 heterocycles. The second kappa shape index (κ2) is 5.03. The maximum atomic E-state index is 5.72. The Labute approximate surface area is 100 Å². The van der Waals surface area contributed by atoms with Crippen molar-refractivity contribution in [3.8, 4) is 0 Å². The molecule has 0 radical (unpaired) electrons. The van der Waals surface area contributed by atoms with Crippen molar-refractivity contribution in [3.05, 3.63) is 47.5 Å². The maximum absolute atomic E-state index is 5.72. The Hall–Kier alpha value is -1.48. The minimum atomic E-state index is 0.516. The summed E-state index contributed by atoms with van der Waals surface area (Å²) < 4.78 is 2.20. The van der Waals surface area contributed by atoms with Crippen molar-refractivity contribution < 1.29 is 0 Å². The molecule has 0 atom stereocenters. The Morgan fingerprint density at radius 3 is 2.94 bits per heavy atom. The third-order valence-corrected chi connectivity index (χ3v) is 2.69. The average molecular weight is 236 g/mol. The van der Waals surface area contributed by atoms with Crippen LogP contribution in [0, 0.1) is 0 Å². The van der Waals surface area contributed by atoms with Crippen LogP contribution in [0.4, 0.5) is 5.69 Å². The summed E-state index contributed by atoms with van der Waals surface area (Å²) in [5.41, 5.74) is 2.24. The SMILES string of the molecule is CCn1cccc1CNc1ccc(Cl)nc1. The van der Waals surface area contributed by atoms with Gasteiger partial charge in [-0.25, -0.2) is 4.98 Å². The number of rotatable bonds is 4. The van der Waals surface area contributed by atoms with E-state index in [1.165, 1.54) is 5.69 Å². The van der Waals surface area contributed by atoms with E-state index in [-0.39, 0.29) is 0 Å². The molecule has 1 N–H and O–H groups in total. The number of nitrogens with one attached hydrogen (secondary N) is 1. The molecule has 0 saturated carbocycles. The van der Waals surface area contributed by atoms with E-state index in [2.05, 4.69) is 40.1 Å². The predicted molar refractivity (Wildman–Crippen MR) is 66.7 cm³/mol. The fourth-order valence-corrected chi connectivity index (χ4v) is 1.70. The molecule has 0 unspecified atom stereocenters. The Bertz CT molecular complexity index is 448. The number of pyridine rings is 1. The zero-order chi connectivity index (χ0) is 11.4. The van der Waals surface area contributed by atoms with Gasteiger partial charge in [0.1, 0.15) is 5.15 Å². The van der Waals surface area contributed by atoms with Crippen LogP contribution in [0.5, 0.6) is 0 Å². The van der Waals surface area contributed by atoms with Gasteiger partial charge in [0.2, 0.25) is 0 Å². The number of aromatic nitrogens is 2. The molecule has 0 aliphatic rings. The van der Waals surface area contributed by atoms with Crippen molar-refractivity contribution in [2.75, 3.05) is 5.32 Å². The number of nitrogens with zero attached hydrogens (tertiary/aromatic N) is 2. The van der Waals surface area contributed by atoms with E-state index < -0.39 is 0 Å². The number of aryl methyl sites for hydroxylation is 1. The first-order chi connectivity index (χ1) is 7.79. The Morgan fingerprint density at radius 1 is 1.38 bits per heavy atom. The molecule has 0 spiro atoms. The van der Waals surface area contributed by atoms with Gasteiger partial charge in [-0.1, -0.05) is 11.6 Å². The molecule has 0 aliphatic heterocycles. The quantitative estimate of drug-likeness (QED) is 0.825. The topological polar surface area (TPSA) is 29.9 Å². The van der Waals surface area contributed by atoms with E-state index in [0.717, 1.165) is 18.8 Å². The number of anilines is 1. The molecule has 0 aliphatic carbocycles. The summed E-state index contributed by atoms with van der Waals surface area (Å²) in [6.45, 7) is 3.92. The number of halogens is 1. The van der Waals surface area contributed by atoms with Crippen molar-refractivity contribution in [3.63, 3.8) is 0 Å². The predicted octanol–water partition coefficient (Wildman–Crippen LogP) is 3.17. The second-order valence-electron chi connectivity index (χ2n) is 3.51. The Morgan fingerprint density at radius 2 is 2.25 bits per heavy atom. The molecule has 0 fully saturated rings. The van der Waals surface area contributed by atoms with Crippen LogP contribution in [-0.4, -0.2) is 9.55 Å². The van der Waals surface area contributed by atoms with E-state index in [1.54, 1.807) is 12.3 Å². The molecule has 3 nitrogen and oxygen atoms in total. The van der Waals surface area contributed by atoms with Crippen molar-refractivity contribution in [1.82, 2.24) is 9.55 Å². The van der Waals surface area contributed by atoms with Crippen molar-refractivity contribution in [2.45, 2.75) is 20.0 Å². The summed E-state index contributed by atoms with van der Waals surface area (Å²) in [7, 11) is 0. The lowest BCUT2D eigenvalue weighted by Crippen LogP contribution is -2.05. The van der Waals surface area contributed by atoms with Crippen LogP contribution < -0.4 is 5.32 Å². The molecule has 2 aromatic heterocycles. The summed E-state index contributed by atoms with van der Waals surface area (Å²) in [5.74, 6) is 0. The zero-order valence-corrected chi connectivity index (χ0v) is 9.91. The van der Waals surface area contributed by atoms with Gasteiger partial charge in [-0.3, -0.25) is 0 Å². The van der Waals surface area contributed by atoms with Crippen LogP contribution in [0.15, 0.2) is 36.7 Å². The smallest absolute Gasteiger partial charge is 0.129 e. The van der Waals surface area contributed by atoms with Crippen LogP contribution in [0.25, 0.3) is 0 Å². The first-order valence-corrected chi connectivity index (χ1v) is 5.67. The first kappa shape index (κ1) is 11.0. The van der Waals surface area contributed by atoms with Gasteiger partial charge >= 0.3 is 0 Å². The van der Waals surface area contributed by atoms with Crippen molar-refractivity contribution in [2.24, 2.45) is 0 Å². The van der Waals surface area contributed by atoms with Crippen LogP contribution in [0.3, 0.4) is 0 Å². The summed E-state index contributed by atoms with van der Waals surface area (Å²) in [6.07, 6.45) is 3.82. The first-order valence-electron chi connectivity index (χ1n) is 5.29. The van der Waals surface area contributed by atoms with Crippen molar-refractivity contribution >= 4 is 17.3 Å². The Balaban J connectivity index is 1.99. The molecular weight excluding hydrogens is 222 g/mol. The minimum absolute atomic E-state index is 0.516. The van der Waals surface area contributed by atoms with Gasteiger partial charge in [0.05, 0.1) is 18.4 Å². The van der Waals surface area contributed by atoms with Gasteiger partial charge in [-0.15, -0.1) is 0 Å². The molecule has 16 heavy (non-hydrogen) atoms. The normalized spacial score (nSPS) is 10.4. The van der Waals surface area contributed by atoms with Gasteiger partial charge < -0.3 is 9.88 Å². The Kier molecular flexibility index (Phi) is 3.47. The van der Waals surface area contributed by atoms with E-state index in [1.807, 2.05) is 6.07 Å². The monoisotopic (exact) mass is 235 g/mol. The summed E-state index contributed by atoms with van der Waals surface area (Å²) >= 11 is 5.72. The van der Waals surface area contributed by atoms with Gasteiger partial charge in [0.15, 0.2) is 0 Å². The number of hydrogen-bond acceptors (Lipinski definition) is 2. The molecule has 0 amide bonds. The summed E-state index contributed by atoms with van der Waals surface area (Å²) in [6, 6.07) is 7.87. The fourth-order valence-electron chi connectivity index (χ4n) is 1.59. The lowest BCUT2D eigenvalue weighted by Gasteiger charge is -2.08. The van der Waals surface area contributed by atoms with Crippen LogP contribution in [0.2, 0.25) is 5.15 Å². The summed E-state index contributed by atoms with van der Waals surface area (Å²) in [4.78, 5) is 4.02. The van der Waals surface area contributed by atoms with Crippen LogP contribution in [-0.2, 0) is 13.1 Å². The van der Waals surface area contributed by atoms with E-state index in [4.69, 9.17) is 11.6 Å². The highest BCUT2D eigenvalue weighted by atomic mass is 35.5.